The average Bonchev–Trinajstić information content (AvgIpc) is 3.17. The molecular formula is C32H35FN6O4S. The fraction of sp³-hybridized carbons (Fsp3) is 0.344. The van der Waals surface area contributed by atoms with Crippen LogP contribution in [-0.4, -0.2) is 62.8 Å². The van der Waals surface area contributed by atoms with Crippen LogP contribution in [-0.2, 0) is 20.2 Å². The van der Waals surface area contributed by atoms with Crippen molar-refractivity contribution in [2.75, 3.05) is 41.4 Å². The van der Waals surface area contributed by atoms with E-state index in [2.05, 4.69) is 25.3 Å². The first-order chi connectivity index (χ1) is 20.9. The molecule has 1 amide bonds. The molecule has 2 aliphatic rings. The summed E-state index contributed by atoms with van der Waals surface area (Å²) in [6.07, 6.45) is 5.30. The summed E-state index contributed by atoms with van der Waals surface area (Å²) in [6, 6.07) is 14.8. The monoisotopic (exact) mass is 618 g/mol. The van der Waals surface area contributed by atoms with Gasteiger partial charge in [0.05, 0.1) is 29.1 Å². The largest absolute Gasteiger partial charge is 0.475 e. The molecule has 230 valence electrons. The quantitative estimate of drug-likeness (QED) is 0.219. The predicted molar refractivity (Wildman–Crippen MR) is 170 cm³/mol. The van der Waals surface area contributed by atoms with Gasteiger partial charge in [-0.1, -0.05) is 32.0 Å². The molecule has 0 unspecified atom stereocenters. The van der Waals surface area contributed by atoms with Crippen molar-refractivity contribution < 1.29 is 22.3 Å². The molecule has 3 N–H and O–H groups in total. The molecule has 1 fully saturated rings. The van der Waals surface area contributed by atoms with E-state index < -0.39 is 21.3 Å². The number of amides is 1. The van der Waals surface area contributed by atoms with E-state index in [1.165, 1.54) is 18.3 Å². The first kappa shape index (κ1) is 29.8. The minimum absolute atomic E-state index is 0.00597. The lowest BCUT2D eigenvalue weighted by molar-refractivity contribution is -0.126. The van der Waals surface area contributed by atoms with Crippen molar-refractivity contribution in [3.63, 3.8) is 0 Å². The van der Waals surface area contributed by atoms with E-state index in [4.69, 9.17) is 4.74 Å². The normalized spacial score (nSPS) is 19.4. The van der Waals surface area contributed by atoms with Crippen molar-refractivity contribution in [1.82, 2.24) is 15.3 Å². The zero-order valence-electron chi connectivity index (χ0n) is 25.0. The van der Waals surface area contributed by atoms with Gasteiger partial charge < -0.3 is 20.3 Å². The van der Waals surface area contributed by atoms with Crippen molar-refractivity contribution in [2.24, 2.45) is 0 Å². The second kappa shape index (κ2) is 11.3. The third-order valence-corrected chi connectivity index (χ3v) is 8.77. The molecule has 0 bridgehead atoms. The highest BCUT2D eigenvalue weighted by molar-refractivity contribution is 7.92. The van der Waals surface area contributed by atoms with Crippen molar-refractivity contribution in [1.29, 1.82) is 0 Å². The number of aromatic nitrogens is 2. The van der Waals surface area contributed by atoms with E-state index in [1.54, 1.807) is 24.2 Å². The fourth-order valence-electron chi connectivity index (χ4n) is 6.23. The minimum atomic E-state index is -3.69. The molecule has 0 saturated heterocycles. The van der Waals surface area contributed by atoms with Crippen LogP contribution in [0.1, 0.15) is 32.3 Å². The third-order valence-electron chi connectivity index (χ3n) is 8.18. The number of para-hydroxylation sites is 1. The molecule has 12 heteroatoms. The molecule has 10 nitrogen and oxygen atoms in total. The maximum absolute atomic E-state index is 15.7. The molecule has 1 saturated carbocycles. The molecule has 1 aliphatic carbocycles. The number of nitrogens with one attached hydrogen (secondary N) is 3. The number of hydrogen-bond donors (Lipinski definition) is 3. The lowest BCUT2D eigenvalue weighted by Gasteiger charge is -2.45. The van der Waals surface area contributed by atoms with Crippen LogP contribution in [0.15, 0.2) is 60.9 Å². The number of rotatable bonds is 10. The highest BCUT2D eigenvalue weighted by Gasteiger charge is 2.58. The number of sulfonamides is 1. The van der Waals surface area contributed by atoms with E-state index in [1.807, 2.05) is 44.2 Å². The molecule has 2 aromatic heterocycles. The SMILES string of the molecule is CC(C)NCCOc1ncc(-c2cc3c4c(cnc3cc2F)N(C)C(=O)C42CC(Nc3ccccc3)C2)cc1NS(C)(=O)=O. The Bertz CT molecular complexity index is 1850. The Morgan fingerprint density at radius 1 is 1.11 bits per heavy atom. The molecule has 3 heterocycles. The highest BCUT2D eigenvalue weighted by atomic mass is 32.2. The number of halogens is 1. The van der Waals surface area contributed by atoms with Gasteiger partial charge in [-0.25, -0.2) is 17.8 Å². The number of carbonyl (C=O) groups is 1. The summed E-state index contributed by atoms with van der Waals surface area (Å²) < 4.78 is 48.2. The van der Waals surface area contributed by atoms with Crippen LogP contribution < -0.4 is 25.0 Å². The topological polar surface area (TPSA) is 126 Å². The average molecular weight is 619 g/mol. The summed E-state index contributed by atoms with van der Waals surface area (Å²) in [5, 5.41) is 7.42. The first-order valence-corrected chi connectivity index (χ1v) is 16.4. The molecule has 4 aromatic rings. The standard InChI is InChI=1S/C32H35FN6O4S/c1-19(2)34-10-11-43-30-27(38-44(4,41)42)12-20(17-36-30)23-13-24-26(14-25(23)33)35-18-28-29(24)32(31(40)39(28)3)15-22(16-32)37-21-8-6-5-7-9-21/h5-9,12-14,17-19,22,34,37-38H,10-11,15-16H2,1-4H3. The third kappa shape index (κ3) is 5.55. The van der Waals surface area contributed by atoms with Gasteiger partial charge in [-0.05, 0) is 37.1 Å². The molecule has 6 rings (SSSR count). The van der Waals surface area contributed by atoms with Crippen molar-refractivity contribution in [3.8, 4) is 17.0 Å². The van der Waals surface area contributed by atoms with Crippen LogP contribution in [0.2, 0.25) is 0 Å². The zero-order chi connectivity index (χ0) is 31.2. The molecule has 1 aliphatic heterocycles. The lowest BCUT2D eigenvalue weighted by Crippen LogP contribution is -2.53. The number of carbonyl (C=O) groups excluding carboxylic acids is 1. The first-order valence-electron chi connectivity index (χ1n) is 14.5. The number of benzene rings is 2. The van der Waals surface area contributed by atoms with Gasteiger partial charge in [0.15, 0.2) is 0 Å². The number of fused-ring (bicyclic) bond motifs is 4. The van der Waals surface area contributed by atoms with Gasteiger partial charge in [0.25, 0.3) is 0 Å². The Balaban J connectivity index is 1.38. The smallest absolute Gasteiger partial charge is 0.238 e. The molecule has 1 spiro atoms. The van der Waals surface area contributed by atoms with E-state index in [0.29, 0.717) is 41.5 Å². The van der Waals surface area contributed by atoms with Gasteiger partial charge in [-0.15, -0.1) is 0 Å². The van der Waals surface area contributed by atoms with Crippen molar-refractivity contribution in [3.05, 3.63) is 72.3 Å². The highest BCUT2D eigenvalue weighted by Crippen LogP contribution is 2.56. The van der Waals surface area contributed by atoms with Crippen LogP contribution in [0.3, 0.4) is 0 Å². The van der Waals surface area contributed by atoms with Crippen LogP contribution >= 0.6 is 0 Å². The van der Waals surface area contributed by atoms with E-state index in [9.17, 15) is 13.2 Å². The van der Waals surface area contributed by atoms with Crippen LogP contribution in [0.4, 0.5) is 21.5 Å². The molecule has 2 aromatic carbocycles. The zero-order valence-corrected chi connectivity index (χ0v) is 25.8. The maximum Gasteiger partial charge on any atom is 0.238 e. The predicted octanol–water partition coefficient (Wildman–Crippen LogP) is 4.67. The number of ether oxygens (including phenoxy) is 1. The summed E-state index contributed by atoms with van der Waals surface area (Å²) in [4.78, 5) is 24.2. The maximum atomic E-state index is 15.7. The van der Waals surface area contributed by atoms with Crippen LogP contribution in [0.25, 0.3) is 22.0 Å². The summed E-state index contributed by atoms with van der Waals surface area (Å²) in [7, 11) is -1.94. The van der Waals surface area contributed by atoms with Gasteiger partial charge in [-0.3, -0.25) is 14.5 Å². The Morgan fingerprint density at radius 3 is 2.57 bits per heavy atom. The molecule has 0 atom stereocenters. The number of likely N-dealkylation sites (N-methyl/N-ethyl adjacent to an activating group) is 1. The lowest BCUT2D eigenvalue weighted by atomic mass is 9.61. The summed E-state index contributed by atoms with van der Waals surface area (Å²) in [6.45, 7) is 4.81. The van der Waals surface area contributed by atoms with Gasteiger partial charge in [0.2, 0.25) is 21.8 Å². The second-order valence-corrected chi connectivity index (χ2v) is 13.6. The minimum Gasteiger partial charge on any atom is -0.475 e. The Labute approximate surface area is 256 Å². The summed E-state index contributed by atoms with van der Waals surface area (Å²) in [5.41, 5.74) is 2.88. The van der Waals surface area contributed by atoms with E-state index in [-0.39, 0.29) is 41.7 Å². The number of pyridine rings is 2. The van der Waals surface area contributed by atoms with Crippen LogP contribution in [0.5, 0.6) is 5.88 Å². The number of anilines is 3. The van der Waals surface area contributed by atoms with Gasteiger partial charge in [-0.2, -0.15) is 0 Å². The fourth-order valence-corrected chi connectivity index (χ4v) is 6.78. The molecular weight excluding hydrogens is 583 g/mol. The Hall–Kier alpha value is -4.29. The van der Waals surface area contributed by atoms with Crippen molar-refractivity contribution >= 4 is 43.9 Å². The Kier molecular flexibility index (Phi) is 7.66. The summed E-state index contributed by atoms with van der Waals surface area (Å²) >= 11 is 0. The number of hydrogen-bond acceptors (Lipinski definition) is 8. The van der Waals surface area contributed by atoms with E-state index in [0.717, 1.165) is 17.5 Å². The van der Waals surface area contributed by atoms with Gasteiger partial charge in [0.1, 0.15) is 18.1 Å². The number of nitrogens with zero attached hydrogens (tertiary/aromatic N) is 3. The molecule has 44 heavy (non-hydrogen) atoms. The second-order valence-electron chi connectivity index (χ2n) is 11.8. The molecule has 0 radical (unpaired) electrons. The summed E-state index contributed by atoms with van der Waals surface area (Å²) in [5.74, 6) is -0.463. The van der Waals surface area contributed by atoms with Gasteiger partial charge >= 0.3 is 0 Å². The van der Waals surface area contributed by atoms with Crippen LogP contribution in [0, 0.1) is 5.82 Å². The van der Waals surface area contributed by atoms with E-state index >= 15 is 4.39 Å². The van der Waals surface area contributed by atoms with Gasteiger partial charge in [0, 0.05) is 65.7 Å². The Morgan fingerprint density at radius 2 is 1.86 bits per heavy atom. The van der Waals surface area contributed by atoms with Crippen molar-refractivity contribution in [2.45, 2.75) is 44.2 Å².